The fourth-order valence-corrected chi connectivity index (χ4v) is 1.54. The van der Waals surface area contributed by atoms with Crippen LogP contribution in [0.25, 0.3) is 0 Å². The fraction of sp³-hybridized carbons (Fsp3) is 0.364. The Morgan fingerprint density at radius 1 is 1.44 bits per heavy atom. The van der Waals surface area contributed by atoms with Crippen molar-refractivity contribution < 1.29 is 0 Å². The van der Waals surface area contributed by atoms with Gasteiger partial charge in [0.1, 0.15) is 12.2 Å². The Hall–Kier alpha value is -1.75. The standard InChI is InChI=1S/C11H15N5/c1-9(11-15-14-8-16(11)2)13-7-10-5-3-4-6-12-10/h3-6,8-9,13H,7H2,1-2H3. The van der Waals surface area contributed by atoms with Crippen LogP contribution in [0, 0.1) is 0 Å². The number of nitrogens with zero attached hydrogens (tertiary/aromatic N) is 4. The Morgan fingerprint density at radius 2 is 2.31 bits per heavy atom. The normalized spacial score (nSPS) is 12.6. The molecule has 0 aromatic carbocycles. The van der Waals surface area contributed by atoms with Crippen LogP contribution in [0.15, 0.2) is 30.7 Å². The molecular weight excluding hydrogens is 202 g/mol. The van der Waals surface area contributed by atoms with Crippen LogP contribution < -0.4 is 5.32 Å². The lowest BCUT2D eigenvalue weighted by Crippen LogP contribution is -2.21. The van der Waals surface area contributed by atoms with Crippen LogP contribution in [0.4, 0.5) is 0 Å². The van der Waals surface area contributed by atoms with Gasteiger partial charge in [0.2, 0.25) is 0 Å². The number of hydrogen-bond donors (Lipinski definition) is 1. The highest BCUT2D eigenvalue weighted by Crippen LogP contribution is 2.07. The Morgan fingerprint density at radius 3 is 2.94 bits per heavy atom. The monoisotopic (exact) mass is 217 g/mol. The van der Waals surface area contributed by atoms with E-state index in [2.05, 4.69) is 27.4 Å². The van der Waals surface area contributed by atoms with E-state index in [-0.39, 0.29) is 6.04 Å². The molecule has 0 aliphatic rings. The number of aryl methyl sites for hydroxylation is 1. The van der Waals surface area contributed by atoms with Gasteiger partial charge in [-0.2, -0.15) is 0 Å². The average molecular weight is 217 g/mol. The zero-order chi connectivity index (χ0) is 11.4. The van der Waals surface area contributed by atoms with Crippen LogP contribution in [0.1, 0.15) is 24.5 Å². The molecule has 2 aromatic rings. The first-order valence-electron chi connectivity index (χ1n) is 5.24. The topological polar surface area (TPSA) is 55.6 Å². The van der Waals surface area contributed by atoms with Gasteiger partial charge in [0.05, 0.1) is 11.7 Å². The minimum Gasteiger partial charge on any atom is -0.319 e. The molecule has 1 N–H and O–H groups in total. The Labute approximate surface area is 94.5 Å². The lowest BCUT2D eigenvalue weighted by Gasteiger charge is -2.12. The molecule has 84 valence electrons. The first-order valence-corrected chi connectivity index (χ1v) is 5.24. The van der Waals surface area contributed by atoms with Gasteiger partial charge in [-0.15, -0.1) is 10.2 Å². The predicted molar refractivity (Wildman–Crippen MR) is 60.5 cm³/mol. The van der Waals surface area contributed by atoms with E-state index in [0.29, 0.717) is 0 Å². The van der Waals surface area contributed by atoms with Crippen molar-refractivity contribution in [3.63, 3.8) is 0 Å². The van der Waals surface area contributed by atoms with Crippen LogP contribution in [0.5, 0.6) is 0 Å². The summed E-state index contributed by atoms with van der Waals surface area (Å²) < 4.78 is 1.91. The van der Waals surface area contributed by atoms with E-state index >= 15 is 0 Å². The van der Waals surface area contributed by atoms with E-state index < -0.39 is 0 Å². The lowest BCUT2D eigenvalue weighted by molar-refractivity contribution is 0.523. The van der Waals surface area contributed by atoms with Crippen molar-refractivity contribution in [2.24, 2.45) is 7.05 Å². The minimum absolute atomic E-state index is 0.162. The van der Waals surface area contributed by atoms with E-state index in [1.54, 1.807) is 12.5 Å². The number of pyridine rings is 1. The number of aromatic nitrogens is 4. The van der Waals surface area contributed by atoms with E-state index in [0.717, 1.165) is 18.1 Å². The van der Waals surface area contributed by atoms with Crippen LogP contribution in [0.3, 0.4) is 0 Å². The molecule has 0 saturated carbocycles. The van der Waals surface area contributed by atoms with Gasteiger partial charge in [0.15, 0.2) is 0 Å². The first kappa shape index (κ1) is 10.8. The van der Waals surface area contributed by atoms with Gasteiger partial charge >= 0.3 is 0 Å². The van der Waals surface area contributed by atoms with Gasteiger partial charge in [-0.25, -0.2) is 0 Å². The van der Waals surface area contributed by atoms with Crippen molar-refractivity contribution in [3.8, 4) is 0 Å². The Kier molecular flexibility index (Phi) is 3.26. The highest BCUT2D eigenvalue weighted by Gasteiger charge is 2.10. The molecule has 0 aliphatic carbocycles. The Balaban J connectivity index is 1.94. The second-order valence-corrected chi connectivity index (χ2v) is 3.72. The zero-order valence-corrected chi connectivity index (χ0v) is 9.46. The molecule has 5 heteroatoms. The number of nitrogens with one attached hydrogen (secondary N) is 1. The second-order valence-electron chi connectivity index (χ2n) is 3.72. The van der Waals surface area contributed by atoms with E-state index in [1.165, 1.54) is 0 Å². The molecule has 0 fully saturated rings. The van der Waals surface area contributed by atoms with Gasteiger partial charge in [0.25, 0.3) is 0 Å². The zero-order valence-electron chi connectivity index (χ0n) is 9.46. The van der Waals surface area contributed by atoms with E-state index in [4.69, 9.17) is 0 Å². The highest BCUT2D eigenvalue weighted by molar-refractivity contribution is 5.04. The number of rotatable bonds is 4. The van der Waals surface area contributed by atoms with Crippen molar-refractivity contribution in [3.05, 3.63) is 42.2 Å². The highest BCUT2D eigenvalue weighted by atomic mass is 15.3. The minimum atomic E-state index is 0.162. The predicted octanol–water partition coefficient (Wildman–Crippen LogP) is 1.06. The summed E-state index contributed by atoms with van der Waals surface area (Å²) in [6, 6.07) is 6.05. The summed E-state index contributed by atoms with van der Waals surface area (Å²) in [6.07, 6.45) is 3.50. The molecule has 2 heterocycles. The van der Waals surface area contributed by atoms with Crippen LogP contribution in [0.2, 0.25) is 0 Å². The van der Waals surface area contributed by atoms with Crippen molar-refractivity contribution in [2.45, 2.75) is 19.5 Å². The van der Waals surface area contributed by atoms with Gasteiger partial charge in [0, 0.05) is 19.8 Å². The maximum atomic E-state index is 4.25. The van der Waals surface area contributed by atoms with E-state index in [1.807, 2.05) is 29.8 Å². The second kappa shape index (κ2) is 4.85. The van der Waals surface area contributed by atoms with E-state index in [9.17, 15) is 0 Å². The molecule has 0 radical (unpaired) electrons. The molecule has 5 nitrogen and oxygen atoms in total. The third kappa shape index (κ3) is 2.43. The number of hydrogen-bond acceptors (Lipinski definition) is 4. The molecule has 0 amide bonds. The third-order valence-electron chi connectivity index (χ3n) is 2.45. The molecule has 0 aliphatic heterocycles. The van der Waals surface area contributed by atoms with Gasteiger partial charge in [-0.1, -0.05) is 6.07 Å². The largest absolute Gasteiger partial charge is 0.319 e. The smallest absolute Gasteiger partial charge is 0.149 e. The van der Waals surface area contributed by atoms with Crippen molar-refractivity contribution >= 4 is 0 Å². The van der Waals surface area contributed by atoms with Crippen molar-refractivity contribution in [1.29, 1.82) is 0 Å². The lowest BCUT2D eigenvalue weighted by atomic mass is 10.3. The van der Waals surface area contributed by atoms with Crippen LogP contribution in [-0.4, -0.2) is 19.7 Å². The first-order chi connectivity index (χ1) is 7.77. The van der Waals surface area contributed by atoms with Crippen molar-refractivity contribution in [2.75, 3.05) is 0 Å². The molecule has 0 saturated heterocycles. The maximum Gasteiger partial charge on any atom is 0.149 e. The van der Waals surface area contributed by atoms with Gasteiger partial charge in [-0.3, -0.25) is 4.98 Å². The van der Waals surface area contributed by atoms with Crippen molar-refractivity contribution in [1.82, 2.24) is 25.1 Å². The fourth-order valence-electron chi connectivity index (χ4n) is 1.54. The maximum absolute atomic E-state index is 4.25. The summed E-state index contributed by atoms with van der Waals surface area (Å²) in [6.45, 7) is 2.79. The Bertz CT molecular complexity index is 437. The van der Waals surface area contributed by atoms with Crippen LogP contribution >= 0.6 is 0 Å². The molecule has 0 bridgehead atoms. The third-order valence-corrected chi connectivity index (χ3v) is 2.45. The molecule has 16 heavy (non-hydrogen) atoms. The molecular formula is C11H15N5. The summed E-state index contributed by atoms with van der Waals surface area (Å²) in [5.74, 6) is 0.927. The van der Waals surface area contributed by atoms with Crippen LogP contribution in [-0.2, 0) is 13.6 Å². The summed E-state index contributed by atoms with van der Waals surface area (Å²) >= 11 is 0. The summed E-state index contributed by atoms with van der Waals surface area (Å²) in [7, 11) is 1.94. The SMILES string of the molecule is CC(NCc1ccccn1)c1nncn1C. The molecule has 1 atom stereocenters. The average Bonchev–Trinajstić information content (AvgIpc) is 2.74. The quantitative estimate of drug-likeness (QED) is 0.832. The molecule has 0 spiro atoms. The summed E-state index contributed by atoms with van der Waals surface area (Å²) in [4.78, 5) is 4.25. The summed E-state index contributed by atoms with van der Waals surface area (Å²) in [5, 5.41) is 11.3. The van der Waals surface area contributed by atoms with Gasteiger partial charge < -0.3 is 9.88 Å². The summed E-state index contributed by atoms with van der Waals surface area (Å²) in [5.41, 5.74) is 1.02. The molecule has 1 unspecified atom stereocenters. The van der Waals surface area contributed by atoms with Gasteiger partial charge in [-0.05, 0) is 19.1 Å². The molecule has 2 rings (SSSR count). The molecule has 2 aromatic heterocycles.